The first-order chi connectivity index (χ1) is 12.7. The van der Waals surface area contributed by atoms with E-state index < -0.39 is 0 Å². The van der Waals surface area contributed by atoms with Gasteiger partial charge in [0.25, 0.3) is 0 Å². The Balaban J connectivity index is 1.57. The summed E-state index contributed by atoms with van der Waals surface area (Å²) in [6.45, 7) is 5.74. The zero-order chi connectivity index (χ0) is 18.4. The van der Waals surface area contributed by atoms with Crippen molar-refractivity contribution in [2.75, 3.05) is 50.1 Å². The summed E-state index contributed by atoms with van der Waals surface area (Å²) in [7, 11) is 1.67. The Labute approximate surface area is 154 Å². The van der Waals surface area contributed by atoms with Gasteiger partial charge in [0.1, 0.15) is 23.2 Å². The number of hydrogen-bond acceptors (Lipinski definition) is 6. The van der Waals surface area contributed by atoms with Crippen LogP contribution in [0.25, 0.3) is 0 Å². The molecule has 1 fully saturated rings. The summed E-state index contributed by atoms with van der Waals surface area (Å²) in [5, 5.41) is 3.39. The normalized spacial score (nSPS) is 14.2. The van der Waals surface area contributed by atoms with Crippen molar-refractivity contribution in [1.82, 2.24) is 14.9 Å². The molecule has 3 rings (SSSR count). The van der Waals surface area contributed by atoms with E-state index in [-0.39, 0.29) is 0 Å². The highest BCUT2D eigenvalue weighted by Gasteiger charge is 2.17. The van der Waals surface area contributed by atoms with E-state index >= 15 is 0 Å². The molecule has 0 radical (unpaired) electrons. The van der Waals surface area contributed by atoms with Gasteiger partial charge in [-0.05, 0) is 31.0 Å². The van der Waals surface area contributed by atoms with Gasteiger partial charge in [-0.25, -0.2) is 9.97 Å². The summed E-state index contributed by atoms with van der Waals surface area (Å²) in [6.07, 6.45) is 1.81. The third kappa shape index (κ3) is 4.62. The third-order valence-corrected chi connectivity index (χ3v) is 4.49. The monoisotopic (exact) mass is 355 g/mol. The molecule has 1 aliphatic rings. The minimum Gasteiger partial charge on any atom is -0.497 e. The highest BCUT2D eigenvalue weighted by molar-refractivity contribution is 5.52. The van der Waals surface area contributed by atoms with Crippen LogP contribution in [0.2, 0.25) is 0 Å². The van der Waals surface area contributed by atoms with Gasteiger partial charge in [0, 0.05) is 38.8 Å². The van der Waals surface area contributed by atoms with Gasteiger partial charge in [-0.1, -0.05) is 12.1 Å². The summed E-state index contributed by atoms with van der Waals surface area (Å²) in [4.78, 5) is 23.9. The number of hydrogen-bond donors (Lipinski definition) is 1. The van der Waals surface area contributed by atoms with Crippen molar-refractivity contribution in [2.45, 2.75) is 13.3 Å². The summed E-state index contributed by atoms with van der Waals surface area (Å²) in [6, 6.07) is 10.1. The number of piperazine rings is 1. The molecule has 0 unspecified atom stereocenters. The van der Waals surface area contributed by atoms with Gasteiger partial charge < -0.3 is 19.9 Å². The van der Waals surface area contributed by atoms with Crippen LogP contribution in [0.15, 0.2) is 30.3 Å². The Morgan fingerprint density at radius 2 is 1.88 bits per heavy atom. The Morgan fingerprint density at radius 3 is 2.54 bits per heavy atom. The molecule has 1 aromatic carbocycles. The van der Waals surface area contributed by atoms with Crippen LogP contribution < -0.4 is 15.0 Å². The van der Waals surface area contributed by atoms with Gasteiger partial charge in [-0.15, -0.1) is 0 Å². The third-order valence-electron chi connectivity index (χ3n) is 4.49. The second-order valence-electron chi connectivity index (χ2n) is 6.31. The molecule has 0 saturated carbocycles. The number of nitrogens with zero attached hydrogens (tertiary/aromatic N) is 4. The molecule has 138 valence electrons. The lowest BCUT2D eigenvalue weighted by Crippen LogP contribution is -2.46. The predicted molar refractivity (Wildman–Crippen MR) is 102 cm³/mol. The largest absolute Gasteiger partial charge is 0.497 e. The number of carbonyl (C=O) groups excluding carboxylic acids is 1. The molecule has 7 nitrogen and oxygen atoms in total. The van der Waals surface area contributed by atoms with Gasteiger partial charge in [0.15, 0.2) is 0 Å². The standard InChI is InChI=1S/C19H25N5O2/c1-15-21-18(20-8-7-16-3-5-17(26-2)6-4-16)13-19(22-15)24-11-9-23(14-25)10-12-24/h3-6,13-14H,7-12H2,1-2H3,(H,20,21,22). The van der Waals surface area contributed by atoms with Crippen LogP contribution >= 0.6 is 0 Å². The number of nitrogens with one attached hydrogen (secondary N) is 1. The van der Waals surface area contributed by atoms with E-state index in [0.717, 1.165) is 68.8 Å². The molecule has 2 heterocycles. The van der Waals surface area contributed by atoms with Crippen molar-refractivity contribution in [3.8, 4) is 5.75 Å². The summed E-state index contributed by atoms with van der Waals surface area (Å²) in [5.41, 5.74) is 1.24. The minimum atomic E-state index is 0.729. The van der Waals surface area contributed by atoms with Crippen LogP contribution in [0.3, 0.4) is 0 Å². The van der Waals surface area contributed by atoms with Gasteiger partial charge in [0.2, 0.25) is 6.41 Å². The molecule has 1 aromatic heterocycles. The molecular weight excluding hydrogens is 330 g/mol. The van der Waals surface area contributed by atoms with E-state index in [4.69, 9.17) is 4.74 Å². The molecule has 0 atom stereocenters. The minimum absolute atomic E-state index is 0.729. The molecule has 1 amide bonds. The van der Waals surface area contributed by atoms with Crippen molar-refractivity contribution in [3.05, 3.63) is 41.7 Å². The van der Waals surface area contributed by atoms with Gasteiger partial charge >= 0.3 is 0 Å². The topological polar surface area (TPSA) is 70.6 Å². The second-order valence-corrected chi connectivity index (χ2v) is 6.31. The van der Waals surface area contributed by atoms with E-state index in [0.29, 0.717) is 0 Å². The second kappa shape index (κ2) is 8.51. The molecule has 1 aliphatic heterocycles. The summed E-state index contributed by atoms with van der Waals surface area (Å²) in [5.74, 6) is 3.36. The number of ether oxygens (including phenoxy) is 1. The quantitative estimate of drug-likeness (QED) is 0.763. The maximum atomic E-state index is 10.8. The predicted octanol–water partition coefficient (Wildman–Crippen LogP) is 1.73. The Morgan fingerprint density at radius 1 is 1.15 bits per heavy atom. The zero-order valence-electron chi connectivity index (χ0n) is 15.3. The van der Waals surface area contributed by atoms with E-state index in [2.05, 4.69) is 32.3 Å². The lowest BCUT2D eigenvalue weighted by Gasteiger charge is -2.33. The number of rotatable bonds is 7. The number of aryl methyl sites for hydroxylation is 1. The summed E-state index contributed by atoms with van der Waals surface area (Å²) >= 11 is 0. The fourth-order valence-electron chi connectivity index (χ4n) is 2.99. The van der Waals surface area contributed by atoms with Gasteiger partial charge in [-0.2, -0.15) is 0 Å². The average molecular weight is 355 g/mol. The number of carbonyl (C=O) groups is 1. The first kappa shape index (κ1) is 18.0. The number of methoxy groups -OCH3 is 1. The molecule has 1 saturated heterocycles. The van der Waals surface area contributed by atoms with Crippen molar-refractivity contribution >= 4 is 18.0 Å². The SMILES string of the molecule is COc1ccc(CCNc2cc(N3CCN(C=O)CC3)nc(C)n2)cc1. The fraction of sp³-hybridized carbons (Fsp3) is 0.421. The molecule has 0 spiro atoms. The van der Waals surface area contributed by atoms with Crippen LogP contribution in [-0.2, 0) is 11.2 Å². The maximum Gasteiger partial charge on any atom is 0.209 e. The summed E-state index contributed by atoms with van der Waals surface area (Å²) < 4.78 is 5.18. The number of benzene rings is 1. The Kier molecular flexibility index (Phi) is 5.88. The van der Waals surface area contributed by atoms with Gasteiger partial charge in [-0.3, -0.25) is 4.79 Å². The van der Waals surface area contributed by atoms with Crippen molar-refractivity contribution in [2.24, 2.45) is 0 Å². The Bertz CT molecular complexity index is 727. The van der Waals surface area contributed by atoms with Gasteiger partial charge in [0.05, 0.1) is 7.11 Å². The first-order valence-corrected chi connectivity index (χ1v) is 8.85. The smallest absolute Gasteiger partial charge is 0.209 e. The van der Waals surface area contributed by atoms with E-state index in [9.17, 15) is 4.79 Å². The fourth-order valence-corrected chi connectivity index (χ4v) is 2.99. The maximum absolute atomic E-state index is 10.8. The zero-order valence-corrected chi connectivity index (χ0v) is 15.3. The van der Waals surface area contributed by atoms with Crippen LogP contribution in [0.1, 0.15) is 11.4 Å². The Hall–Kier alpha value is -2.83. The average Bonchev–Trinajstić information content (AvgIpc) is 2.68. The van der Waals surface area contributed by atoms with Crippen molar-refractivity contribution < 1.29 is 9.53 Å². The molecular formula is C19H25N5O2. The van der Waals surface area contributed by atoms with E-state index in [1.54, 1.807) is 12.0 Å². The number of anilines is 2. The number of aromatic nitrogens is 2. The van der Waals surface area contributed by atoms with E-state index in [1.807, 2.05) is 25.1 Å². The van der Waals surface area contributed by atoms with Crippen LogP contribution in [-0.4, -0.2) is 61.1 Å². The highest BCUT2D eigenvalue weighted by atomic mass is 16.5. The van der Waals surface area contributed by atoms with Crippen LogP contribution in [0.4, 0.5) is 11.6 Å². The molecule has 7 heteroatoms. The lowest BCUT2D eigenvalue weighted by molar-refractivity contribution is -0.118. The highest BCUT2D eigenvalue weighted by Crippen LogP contribution is 2.18. The number of amides is 1. The molecule has 2 aromatic rings. The first-order valence-electron chi connectivity index (χ1n) is 8.85. The molecule has 0 aliphatic carbocycles. The van der Waals surface area contributed by atoms with Crippen molar-refractivity contribution in [1.29, 1.82) is 0 Å². The lowest BCUT2D eigenvalue weighted by atomic mass is 10.1. The van der Waals surface area contributed by atoms with Crippen molar-refractivity contribution in [3.63, 3.8) is 0 Å². The molecule has 0 bridgehead atoms. The van der Waals surface area contributed by atoms with Crippen LogP contribution in [0.5, 0.6) is 5.75 Å². The van der Waals surface area contributed by atoms with Crippen LogP contribution in [0, 0.1) is 6.92 Å². The molecule has 26 heavy (non-hydrogen) atoms. The molecule has 1 N–H and O–H groups in total. The van der Waals surface area contributed by atoms with E-state index in [1.165, 1.54) is 5.56 Å².